The maximum absolute atomic E-state index is 12.5. The molecule has 0 radical (unpaired) electrons. The van der Waals surface area contributed by atoms with Crippen LogP contribution in [-0.2, 0) is 14.3 Å². The predicted molar refractivity (Wildman–Crippen MR) is 106 cm³/mol. The normalized spacial score (nSPS) is 12.8. The first-order valence-electron chi connectivity index (χ1n) is 8.50. The van der Waals surface area contributed by atoms with Gasteiger partial charge in [0.1, 0.15) is 6.04 Å². The number of hydrogen-bond acceptors (Lipinski definition) is 4. The molecule has 6 nitrogen and oxygen atoms in total. The molecule has 0 saturated carbocycles. The molecule has 148 valence electrons. The van der Waals surface area contributed by atoms with Gasteiger partial charge in [-0.05, 0) is 37.5 Å². The first-order chi connectivity index (χ1) is 12.6. The number of hydrogen-bond donors (Lipinski definition) is 2. The van der Waals surface area contributed by atoms with Crippen LogP contribution in [0.3, 0.4) is 0 Å². The molecule has 1 rings (SSSR count). The van der Waals surface area contributed by atoms with E-state index < -0.39 is 29.9 Å². The summed E-state index contributed by atoms with van der Waals surface area (Å²) in [6.07, 6.45) is 0.865. The Kier molecular flexibility index (Phi) is 9.32. The standard InChI is InChI=1S/C19H24Cl2N2O4/c1-5-8-22-17(24)12(4)27-19(26)16(9-11(2)3)23-18(25)14-7-6-13(20)10-15(14)21/h5-7,10-12,16H,1,8-9H2,2-4H3,(H,22,24)(H,23,25)/t12-,16-/m1/s1. The molecule has 0 aliphatic heterocycles. The highest BCUT2D eigenvalue weighted by molar-refractivity contribution is 6.36. The molecule has 0 unspecified atom stereocenters. The van der Waals surface area contributed by atoms with Gasteiger partial charge in [-0.25, -0.2) is 4.79 Å². The summed E-state index contributed by atoms with van der Waals surface area (Å²) in [4.78, 5) is 36.8. The first-order valence-corrected chi connectivity index (χ1v) is 9.26. The molecule has 1 aromatic carbocycles. The number of amides is 2. The maximum atomic E-state index is 12.5. The van der Waals surface area contributed by atoms with Crippen molar-refractivity contribution in [2.24, 2.45) is 5.92 Å². The topological polar surface area (TPSA) is 84.5 Å². The van der Waals surface area contributed by atoms with Gasteiger partial charge in [-0.1, -0.05) is 43.1 Å². The van der Waals surface area contributed by atoms with Crippen molar-refractivity contribution in [3.63, 3.8) is 0 Å². The highest BCUT2D eigenvalue weighted by Crippen LogP contribution is 2.21. The Morgan fingerprint density at radius 3 is 2.44 bits per heavy atom. The molecule has 2 amide bonds. The van der Waals surface area contributed by atoms with Gasteiger partial charge in [-0.3, -0.25) is 9.59 Å². The number of carbonyl (C=O) groups excluding carboxylic acids is 3. The third kappa shape index (κ3) is 7.61. The van der Waals surface area contributed by atoms with Crippen molar-refractivity contribution in [3.8, 4) is 0 Å². The summed E-state index contributed by atoms with van der Waals surface area (Å²) >= 11 is 11.9. The Morgan fingerprint density at radius 1 is 1.22 bits per heavy atom. The quantitative estimate of drug-likeness (QED) is 0.479. The van der Waals surface area contributed by atoms with Crippen LogP contribution in [0, 0.1) is 5.92 Å². The van der Waals surface area contributed by atoms with E-state index in [-0.39, 0.29) is 23.0 Å². The lowest BCUT2D eigenvalue weighted by Crippen LogP contribution is -2.45. The Labute approximate surface area is 169 Å². The van der Waals surface area contributed by atoms with Crippen molar-refractivity contribution in [1.29, 1.82) is 0 Å². The van der Waals surface area contributed by atoms with E-state index in [2.05, 4.69) is 17.2 Å². The van der Waals surface area contributed by atoms with E-state index in [0.717, 1.165) is 0 Å². The summed E-state index contributed by atoms with van der Waals surface area (Å²) < 4.78 is 5.20. The van der Waals surface area contributed by atoms with Crippen LogP contribution in [-0.4, -0.2) is 36.5 Å². The average molecular weight is 415 g/mol. The second kappa shape index (κ2) is 10.9. The van der Waals surface area contributed by atoms with Gasteiger partial charge in [0.15, 0.2) is 6.10 Å². The van der Waals surface area contributed by atoms with Crippen LogP contribution in [0.5, 0.6) is 0 Å². The highest BCUT2D eigenvalue weighted by Gasteiger charge is 2.28. The second-order valence-corrected chi connectivity index (χ2v) is 7.24. The van der Waals surface area contributed by atoms with Gasteiger partial charge >= 0.3 is 5.97 Å². The predicted octanol–water partition coefficient (Wildman–Crippen LogP) is 3.37. The Balaban J connectivity index is 2.84. The lowest BCUT2D eigenvalue weighted by atomic mass is 10.0. The molecule has 0 aliphatic carbocycles. The molecule has 0 saturated heterocycles. The van der Waals surface area contributed by atoms with E-state index >= 15 is 0 Å². The van der Waals surface area contributed by atoms with Crippen LogP contribution in [0.2, 0.25) is 10.0 Å². The third-order valence-electron chi connectivity index (χ3n) is 3.56. The van der Waals surface area contributed by atoms with Crippen LogP contribution in [0.4, 0.5) is 0 Å². The molecule has 0 fully saturated rings. The van der Waals surface area contributed by atoms with E-state index in [9.17, 15) is 14.4 Å². The van der Waals surface area contributed by atoms with Gasteiger partial charge in [0.25, 0.3) is 11.8 Å². The molecule has 0 spiro atoms. The Hall–Kier alpha value is -2.05. The second-order valence-electron chi connectivity index (χ2n) is 6.39. The van der Waals surface area contributed by atoms with Gasteiger partial charge in [-0.2, -0.15) is 0 Å². The lowest BCUT2D eigenvalue weighted by molar-refractivity contribution is -0.156. The number of esters is 1. The van der Waals surface area contributed by atoms with Crippen LogP contribution in [0.15, 0.2) is 30.9 Å². The Bertz CT molecular complexity index is 707. The number of halogens is 2. The van der Waals surface area contributed by atoms with Crippen molar-refractivity contribution in [2.45, 2.75) is 39.3 Å². The van der Waals surface area contributed by atoms with Gasteiger partial charge in [0, 0.05) is 11.6 Å². The molecule has 0 heterocycles. The van der Waals surface area contributed by atoms with E-state index in [1.165, 1.54) is 31.2 Å². The zero-order valence-corrected chi connectivity index (χ0v) is 17.1. The molecular weight excluding hydrogens is 391 g/mol. The molecule has 2 N–H and O–H groups in total. The first kappa shape index (κ1) is 23.0. The van der Waals surface area contributed by atoms with Crippen molar-refractivity contribution in [2.75, 3.05) is 6.54 Å². The summed E-state index contributed by atoms with van der Waals surface area (Å²) in [6, 6.07) is 3.53. The van der Waals surface area contributed by atoms with E-state index in [1.807, 2.05) is 13.8 Å². The molecular formula is C19H24Cl2N2O4. The van der Waals surface area contributed by atoms with E-state index in [0.29, 0.717) is 11.4 Å². The fourth-order valence-electron chi connectivity index (χ4n) is 2.22. The van der Waals surface area contributed by atoms with Crippen molar-refractivity contribution >= 4 is 41.0 Å². The number of ether oxygens (including phenoxy) is 1. The summed E-state index contributed by atoms with van der Waals surface area (Å²) in [6.45, 7) is 9.03. The Morgan fingerprint density at radius 2 is 1.89 bits per heavy atom. The van der Waals surface area contributed by atoms with Crippen LogP contribution in [0.25, 0.3) is 0 Å². The fraction of sp³-hybridized carbons (Fsp3) is 0.421. The van der Waals surface area contributed by atoms with Crippen LogP contribution in [0.1, 0.15) is 37.6 Å². The van der Waals surface area contributed by atoms with Gasteiger partial charge < -0.3 is 15.4 Å². The lowest BCUT2D eigenvalue weighted by Gasteiger charge is -2.22. The molecule has 8 heteroatoms. The maximum Gasteiger partial charge on any atom is 0.329 e. The minimum atomic E-state index is -0.997. The molecule has 0 bridgehead atoms. The third-order valence-corrected chi connectivity index (χ3v) is 4.10. The minimum Gasteiger partial charge on any atom is -0.451 e. The molecule has 0 aromatic heterocycles. The molecule has 0 aliphatic rings. The number of rotatable bonds is 9. The monoisotopic (exact) mass is 414 g/mol. The van der Waals surface area contributed by atoms with Gasteiger partial charge in [-0.15, -0.1) is 6.58 Å². The van der Waals surface area contributed by atoms with E-state index in [1.54, 1.807) is 0 Å². The SMILES string of the molecule is C=CCNC(=O)[C@@H](C)OC(=O)[C@@H](CC(C)C)NC(=O)c1ccc(Cl)cc1Cl. The van der Waals surface area contributed by atoms with Crippen LogP contribution < -0.4 is 10.6 Å². The number of carbonyl (C=O) groups is 3. The zero-order chi connectivity index (χ0) is 20.6. The summed E-state index contributed by atoms with van der Waals surface area (Å²) in [7, 11) is 0. The average Bonchev–Trinajstić information content (AvgIpc) is 2.58. The van der Waals surface area contributed by atoms with Crippen LogP contribution >= 0.6 is 23.2 Å². The number of nitrogens with one attached hydrogen (secondary N) is 2. The van der Waals surface area contributed by atoms with Crippen molar-refractivity contribution in [3.05, 3.63) is 46.5 Å². The van der Waals surface area contributed by atoms with E-state index in [4.69, 9.17) is 27.9 Å². The molecule has 27 heavy (non-hydrogen) atoms. The fourth-order valence-corrected chi connectivity index (χ4v) is 2.72. The highest BCUT2D eigenvalue weighted by atomic mass is 35.5. The zero-order valence-electron chi connectivity index (χ0n) is 15.6. The molecule has 2 atom stereocenters. The summed E-state index contributed by atoms with van der Waals surface area (Å²) in [5, 5.41) is 5.74. The van der Waals surface area contributed by atoms with Gasteiger partial charge in [0.05, 0.1) is 10.6 Å². The summed E-state index contributed by atoms with van der Waals surface area (Å²) in [5.41, 5.74) is 0.194. The van der Waals surface area contributed by atoms with Gasteiger partial charge in [0.2, 0.25) is 0 Å². The number of benzene rings is 1. The summed E-state index contributed by atoms with van der Waals surface area (Å²) in [5.74, 6) is -1.56. The van der Waals surface area contributed by atoms with Crippen molar-refractivity contribution in [1.82, 2.24) is 10.6 Å². The minimum absolute atomic E-state index is 0.105. The largest absolute Gasteiger partial charge is 0.451 e. The molecule has 1 aromatic rings. The smallest absolute Gasteiger partial charge is 0.329 e. The van der Waals surface area contributed by atoms with Crippen molar-refractivity contribution < 1.29 is 19.1 Å².